The van der Waals surface area contributed by atoms with Gasteiger partial charge in [0.2, 0.25) is 0 Å². The van der Waals surface area contributed by atoms with Gasteiger partial charge in [0.1, 0.15) is 5.37 Å². The van der Waals surface area contributed by atoms with Crippen molar-refractivity contribution in [2.24, 2.45) is 0 Å². The maximum atomic E-state index is 3.40. The highest BCUT2D eigenvalue weighted by atomic mass is 32.2. The molecule has 0 aliphatic carbocycles. The van der Waals surface area contributed by atoms with Crippen molar-refractivity contribution in [1.29, 1.82) is 0 Å². The van der Waals surface area contributed by atoms with E-state index in [0.717, 1.165) is 26.2 Å². The molecule has 2 aliphatic rings. The van der Waals surface area contributed by atoms with E-state index < -0.39 is 0 Å². The van der Waals surface area contributed by atoms with Crippen LogP contribution in [0.25, 0.3) is 0 Å². The number of hydrogen-bond acceptors (Lipinski definition) is 4. The Kier molecular flexibility index (Phi) is 2.56. The van der Waals surface area contributed by atoms with Crippen LogP contribution in [0.2, 0.25) is 0 Å². The van der Waals surface area contributed by atoms with Gasteiger partial charge in [-0.05, 0) is 18.0 Å². The van der Waals surface area contributed by atoms with Crippen LogP contribution < -0.4 is 10.0 Å². The Morgan fingerprint density at radius 1 is 1.20 bits per heavy atom. The van der Waals surface area contributed by atoms with Gasteiger partial charge in [0.25, 0.3) is 0 Å². The molecule has 1 fully saturated rings. The highest BCUT2D eigenvalue weighted by molar-refractivity contribution is 8.01. The molecule has 0 radical (unpaired) electrons. The summed E-state index contributed by atoms with van der Waals surface area (Å²) in [5.41, 5.74) is 2.72. The SMILES string of the molecule is c1ccc2c(c1)NSC2N1CCNCC1. The van der Waals surface area contributed by atoms with Crippen molar-refractivity contribution < 1.29 is 0 Å². The molecule has 0 amide bonds. The van der Waals surface area contributed by atoms with Crippen LogP contribution in [0.1, 0.15) is 10.9 Å². The number of nitrogens with one attached hydrogen (secondary N) is 2. The van der Waals surface area contributed by atoms with Crippen LogP contribution in [-0.2, 0) is 0 Å². The van der Waals surface area contributed by atoms with Crippen LogP contribution in [0.3, 0.4) is 0 Å². The number of fused-ring (bicyclic) bond motifs is 1. The summed E-state index contributed by atoms with van der Waals surface area (Å²) in [4.78, 5) is 2.54. The zero-order chi connectivity index (χ0) is 10.1. The molecule has 1 unspecified atom stereocenters. The molecule has 2 aliphatic heterocycles. The van der Waals surface area contributed by atoms with Gasteiger partial charge in [-0.1, -0.05) is 18.2 Å². The first-order valence-electron chi connectivity index (χ1n) is 5.40. The molecule has 15 heavy (non-hydrogen) atoms. The van der Waals surface area contributed by atoms with Crippen molar-refractivity contribution in [2.45, 2.75) is 5.37 Å². The summed E-state index contributed by atoms with van der Waals surface area (Å²) < 4.78 is 3.40. The summed E-state index contributed by atoms with van der Waals surface area (Å²) in [5, 5.41) is 3.89. The van der Waals surface area contributed by atoms with E-state index in [1.807, 2.05) is 11.9 Å². The molecule has 80 valence electrons. The topological polar surface area (TPSA) is 27.3 Å². The minimum atomic E-state index is 0.503. The third kappa shape index (κ3) is 1.73. The first-order chi connectivity index (χ1) is 7.45. The standard InChI is InChI=1S/C11H15N3S/c1-2-4-10-9(3-1)11(15-13-10)14-7-5-12-6-8-14/h1-4,11-13H,5-8H2. The Labute approximate surface area is 94.4 Å². The van der Waals surface area contributed by atoms with Crippen molar-refractivity contribution >= 4 is 17.6 Å². The van der Waals surface area contributed by atoms with Gasteiger partial charge >= 0.3 is 0 Å². The Hall–Kier alpha value is -0.710. The van der Waals surface area contributed by atoms with Crippen LogP contribution in [0.4, 0.5) is 5.69 Å². The van der Waals surface area contributed by atoms with Crippen molar-refractivity contribution in [1.82, 2.24) is 10.2 Å². The first kappa shape index (κ1) is 9.51. The Morgan fingerprint density at radius 3 is 2.87 bits per heavy atom. The lowest BCUT2D eigenvalue weighted by atomic mass is 10.1. The highest BCUT2D eigenvalue weighted by Crippen LogP contribution is 2.43. The zero-order valence-electron chi connectivity index (χ0n) is 8.57. The second-order valence-electron chi connectivity index (χ2n) is 3.95. The molecule has 0 spiro atoms. The monoisotopic (exact) mass is 221 g/mol. The Balaban J connectivity index is 1.83. The van der Waals surface area contributed by atoms with Gasteiger partial charge in [-0.25, -0.2) is 0 Å². The van der Waals surface area contributed by atoms with E-state index in [4.69, 9.17) is 0 Å². The predicted molar refractivity (Wildman–Crippen MR) is 64.8 cm³/mol. The average molecular weight is 221 g/mol. The number of piperazine rings is 1. The van der Waals surface area contributed by atoms with E-state index in [-0.39, 0.29) is 0 Å². The van der Waals surface area contributed by atoms with Crippen LogP contribution in [0.5, 0.6) is 0 Å². The summed E-state index contributed by atoms with van der Waals surface area (Å²) in [5.74, 6) is 0. The summed E-state index contributed by atoms with van der Waals surface area (Å²) in [6, 6.07) is 8.60. The van der Waals surface area contributed by atoms with E-state index in [1.54, 1.807) is 0 Å². The zero-order valence-corrected chi connectivity index (χ0v) is 9.39. The number of rotatable bonds is 1. The molecule has 1 aromatic carbocycles. The van der Waals surface area contributed by atoms with Gasteiger partial charge in [-0.2, -0.15) is 0 Å². The maximum Gasteiger partial charge on any atom is 0.103 e. The Morgan fingerprint density at radius 2 is 2.00 bits per heavy atom. The largest absolute Gasteiger partial charge is 0.328 e. The van der Waals surface area contributed by atoms with Gasteiger partial charge < -0.3 is 10.0 Å². The van der Waals surface area contributed by atoms with Crippen LogP contribution in [-0.4, -0.2) is 31.1 Å². The predicted octanol–water partition coefficient (Wildman–Crippen LogP) is 1.66. The fourth-order valence-electron chi connectivity index (χ4n) is 2.18. The number of anilines is 1. The lowest BCUT2D eigenvalue weighted by Gasteiger charge is -2.31. The number of hydrogen-bond donors (Lipinski definition) is 2. The smallest absolute Gasteiger partial charge is 0.103 e. The second kappa shape index (κ2) is 4.04. The number of nitrogens with zero attached hydrogens (tertiary/aromatic N) is 1. The molecular formula is C11H15N3S. The molecule has 3 rings (SSSR count). The van der Waals surface area contributed by atoms with Gasteiger partial charge in [-0.3, -0.25) is 4.90 Å². The second-order valence-corrected chi connectivity index (χ2v) is 4.83. The van der Waals surface area contributed by atoms with Crippen LogP contribution >= 0.6 is 11.9 Å². The molecule has 0 bridgehead atoms. The molecule has 3 nitrogen and oxygen atoms in total. The van der Waals surface area contributed by atoms with Gasteiger partial charge in [0.05, 0.1) is 0 Å². The molecule has 1 aromatic rings. The highest BCUT2D eigenvalue weighted by Gasteiger charge is 2.29. The van der Waals surface area contributed by atoms with E-state index in [0.29, 0.717) is 5.37 Å². The molecule has 2 N–H and O–H groups in total. The lowest BCUT2D eigenvalue weighted by molar-refractivity contribution is 0.228. The third-order valence-corrected chi connectivity index (χ3v) is 4.10. The quantitative estimate of drug-likeness (QED) is 0.705. The van der Waals surface area contributed by atoms with E-state index in [2.05, 4.69) is 39.2 Å². The minimum Gasteiger partial charge on any atom is -0.328 e. The van der Waals surface area contributed by atoms with Crippen LogP contribution in [0.15, 0.2) is 24.3 Å². The maximum absolute atomic E-state index is 3.40. The summed E-state index contributed by atoms with van der Waals surface area (Å²) in [6.45, 7) is 4.51. The Bertz CT molecular complexity index is 349. The summed E-state index contributed by atoms with van der Waals surface area (Å²) in [7, 11) is 0. The average Bonchev–Trinajstić information content (AvgIpc) is 2.74. The van der Waals surface area contributed by atoms with Crippen molar-refractivity contribution in [2.75, 3.05) is 30.9 Å². The minimum absolute atomic E-state index is 0.503. The van der Waals surface area contributed by atoms with E-state index in [1.165, 1.54) is 11.3 Å². The molecular weight excluding hydrogens is 206 g/mol. The van der Waals surface area contributed by atoms with E-state index in [9.17, 15) is 0 Å². The van der Waals surface area contributed by atoms with Crippen molar-refractivity contribution in [3.05, 3.63) is 29.8 Å². The number of para-hydroxylation sites is 1. The first-order valence-corrected chi connectivity index (χ1v) is 6.28. The molecule has 0 aromatic heterocycles. The van der Waals surface area contributed by atoms with Crippen LogP contribution in [0, 0.1) is 0 Å². The molecule has 2 heterocycles. The molecule has 0 saturated carbocycles. The molecule has 1 saturated heterocycles. The lowest BCUT2D eigenvalue weighted by Crippen LogP contribution is -2.44. The summed E-state index contributed by atoms with van der Waals surface area (Å²) >= 11 is 1.83. The van der Waals surface area contributed by atoms with Gasteiger partial charge in [0, 0.05) is 37.4 Å². The van der Waals surface area contributed by atoms with E-state index >= 15 is 0 Å². The van der Waals surface area contributed by atoms with Gasteiger partial charge in [0.15, 0.2) is 0 Å². The fraction of sp³-hybridized carbons (Fsp3) is 0.455. The molecule has 4 heteroatoms. The van der Waals surface area contributed by atoms with Crippen molar-refractivity contribution in [3.8, 4) is 0 Å². The third-order valence-electron chi connectivity index (χ3n) is 2.99. The van der Waals surface area contributed by atoms with Gasteiger partial charge in [-0.15, -0.1) is 0 Å². The normalized spacial score (nSPS) is 26.0. The summed E-state index contributed by atoms with van der Waals surface area (Å²) in [6.07, 6.45) is 0. The number of benzene rings is 1. The molecule has 1 atom stereocenters. The van der Waals surface area contributed by atoms with Crippen molar-refractivity contribution in [3.63, 3.8) is 0 Å². The fourth-order valence-corrected chi connectivity index (χ4v) is 3.29.